The molecule has 0 saturated carbocycles. The zero-order valence-corrected chi connectivity index (χ0v) is 16.9. The van der Waals surface area contributed by atoms with Gasteiger partial charge in [0.25, 0.3) is 0 Å². The largest absolute Gasteiger partial charge is 0.493 e. The highest BCUT2D eigenvalue weighted by atomic mass is 35.5. The highest BCUT2D eigenvalue weighted by molar-refractivity contribution is 6.30. The molecule has 2 heterocycles. The fourth-order valence-electron chi connectivity index (χ4n) is 3.34. The zero-order chi connectivity index (χ0) is 20.4. The molecule has 0 saturated heterocycles. The Morgan fingerprint density at radius 2 is 1.79 bits per heavy atom. The van der Waals surface area contributed by atoms with Gasteiger partial charge >= 0.3 is 0 Å². The first-order valence-electron chi connectivity index (χ1n) is 9.12. The molecule has 9 heteroatoms. The number of rotatable bonds is 5. The average molecular weight is 414 g/mol. The molecule has 0 bridgehead atoms. The van der Waals surface area contributed by atoms with Gasteiger partial charge in [-0.05, 0) is 59.2 Å². The predicted octanol–water partition coefficient (Wildman–Crippen LogP) is 2.60. The van der Waals surface area contributed by atoms with Gasteiger partial charge in [0.05, 0.1) is 14.2 Å². The molecular formula is C20H20ClN5O3. The average Bonchev–Trinajstić information content (AvgIpc) is 3.21. The number of carbonyl (C=O) groups excluding carboxylic acids is 1. The van der Waals surface area contributed by atoms with Gasteiger partial charge in [-0.15, -0.1) is 10.2 Å². The van der Waals surface area contributed by atoms with Gasteiger partial charge in [0.1, 0.15) is 6.54 Å². The van der Waals surface area contributed by atoms with Crippen LogP contribution in [0, 0.1) is 0 Å². The maximum atomic E-state index is 12.8. The monoisotopic (exact) mass is 413 g/mol. The lowest BCUT2D eigenvalue weighted by Gasteiger charge is -2.29. The molecule has 1 amide bonds. The molecule has 4 rings (SSSR count). The van der Waals surface area contributed by atoms with Crippen molar-refractivity contribution >= 4 is 17.5 Å². The SMILES string of the molecule is COc1cc2c(cc1OC)CN(C(=O)Cn1nnc(-c3ccc(Cl)cc3)n1)CC2. The van der Waals surface area contributed by atoms with Crippen molar-refractivity contribution in [3.8, 4) is 22.9 Å². The van der Waals surface area contributed by atoms with Gasteiger partial charge in [0.2, 0.25) is 11.7 Å². The third-order valence-electron chi connectivity index (χ3n) is 4.90. The summed E-state index contributed by atoms with van der Waals surface area (Å²) in [5.41, 5.74) is 3.01. The Balaban J connectivity index is 1.45. The number of aromatic nitrogens is 4. The first-order valence-corrected chi connectivity index (χ1v) is 9.50. The first kappa shape index (κ1) is 19.2. The van der Waals surface area contributed by atoms with E-state index in [1.54, 1.807) is 31.3 Å². The number of hydrogen-bond acceptors (Lipinski definition) is 6. The van der Waals surface area contributed by atoms with Crippen LogP contribution in [0.3, 0.4) is 0 Å². The van der Waals surface area contributed by atoms with E-state index >= 15 is 0 Å². The number of nitrogens with zero attached hydrogens (tertiary/aromatic N) is 5. The van der Waals surface area contributed by atoms with Crippen molar-refractivity contribution in [1.29, 1.82) is 0 Å². The fraction of sp³-hybridized carbons (Fsp3) is 0.300. The van der Waals surface area contributed by atoms with Gasteiger partial charge in [0.15, 0.2) is 11.5 Å². The number of benzene rings is 2. The normalized spacial score (nSPS) is 13.1. The number of ether oxygens (including phenoxy) is 2. The number of carbonyl (C=O) groups is 1. The van der Waals surface area contributed by atoms with Gasteiger partial charge < -0.3 is 14.4 Å². The Kier molecular flexibility index (Phi) is 5.35. The molecule has 0 aliphatic carbocycles. The summed E-state index contributed by atoms with van der Waals surface area (Å²) in [4.78, 5) is 15.9. The van der Waals surface area contributed by atoms with E-state index < -0.39 is 0 Å². The lowest BCUT2D eigenvalue weighted by atomic mass is 9.98. The quantitative estimate of drug-likeness (QED) is 0.639. The maximum Gasteiger partial charge on any atom is 0.246 e. The number of tetrazole rings is 1. The second-order valence-electron chi connectivity index (χ2n) is 6.69. The van der Waals surface area contributed by atoms with E-state index in [0.29, 0.717) is 35.4 Å². The molecular weight excluding hydrogens is 394 g/mol. The van der Waals surface area contributed by atoms with Crippen LogP contribution in [0.5, 0.6) is 11.5 Å². The topological polar surface area (TPSA) is 82.4 Å². The smallest absolute Gasteiger partial charge is 0.246 e. The van der Waals surface area contributed by atoms with E-state index in [-0.39, 0.29) is 12.5 Å². The van der Waals surface area contributed by atoms with Crippen LogP contribution >= 0.6 is 11.6 Å². The zero-order valence-electron chi connectivity index (χ0n) is 16.1. The van der Waals surface area contributed by atoms with Crippen molar-refractivity contribution in [1.82, 2.24) is 25.1 Å². The summed E-state index contributed by atoms with van der Waals surface area (Å²) in [7, 11) is 3.22. The van der Waals surface area contributed by atoms with Crippen LogP contribution in [0.4, 0.5) is 0 Å². The molecule has 0 fully saturated rings. The Labute approximate surface area is 173 Å². The minimum Gasteiger partial charge on any atom is -0.493 e. The Morgan fingerprint density at radius 3 is 2.48 bits per heavy atom. The van der Waals surface area contributed by atoms with Crippen molar-refractivity contribution < 1.29 is 14.3 Å². The molecule has 0 N–H and O–H groups in total. The highest BCUT2D eigenvalue weighted by Gasteiger charge is 2.23. The summed E-state index contributed by atoms with van der Waals surface area (Å²) >= 11 is 5.90. The maximum absolute atomic E-state index is 12.8. The summed E-state index contributed by atoms with van der Waals surface area (Å²) in [6, 6.07) is 11.1. The molecule has 0 atom stereocenters. The van der Waals surface area contributed by atoms with Crippen LogP contribution in [0.2, 0.25) is 5.02 Å². The van der Waals surface area contributed by atoms with Crippen LogP contribution < -0.4 is 9.47 Å². The summed E-state index contributed by atoms with van der Waals surface area (Å²) in [5.74, 6) is 1.75. The molecule has 29 heavy (non-hydrogen) atoms. The van der Waals surface area contributed by atoms with E-state index in [4.69, 9.17) is 21.1 Å². The van der Waals surface area contributed by atoms with E-state index in [1.807, 2.05) is 24.3 Å². The number of methoxy groups -OCH3 is 2. The minimum absolute atomic E-state index is 0.0310. The lowest BCUT2D eigenvalue weighted by molar-refractivity contribution is -0.133. The molecule has 2 aromatic carbocycles. The van der Waals surface area contributed by atoms with Crippen molar-refractivity contribution in [2.45, 2.75) is 19.5 Å². The van der Waals surface area contributed by atoms with Crippen LogP contribution in [0.25, 0.3) is 11.4 Å². The molecule has 0 unspecified atom stereocenters. The van der Waals surface area contributed by atoms with Gasteiger partial charge in [-0.2, -0.15) is 4.80 Å². The number of fused-ring (bicyclic) bond motifs is 1. The fourth-order valence-corrected chi connectivity index (χ4v) is 3.47. The second kappa shape index (κ2) is 8.08. The van der Waals surface area contributed by atoms with Gasteiger partial charge in [-0.1, -0.05) is 11.6 Å². The molecule has 0 spiro atoms. The highest BCUT2D eigenvalue weighted by Crippen LogP contribution is 2.33. The van der Waals surface area contributed by atoms with E-state index in [0.717, 1.165) is 23.1 Å². The predicted molar refractivity (Wildman–Crippen MR) is 107 cm³/mol. The second-order valence-corrected chi connectivity index (χ2v) is 7.13. The molecule has 8 nitrogen and oxygen atoms in total. The van der Waals surface area contributed by atoms with Crippen molar-refractivity contribution in [3.05, 3.63) is 52.5 Å². The van der Waals surface area contributed by atoms with Crippen LogP contribution in [-0.4, -0.2) is 51.8 Å². The Morgan fingerprint density at radius 1 is 1.10 bits per heavy atom. The van der Waals surface area contributed by atoms with Crippen LogP contribution in [-0.2, 0) is 24.3 Å². The summed E-state index contributed by atoms with van der Waals surface area (Å²) < 4.78 is 10.7. The summed E-state index contributed by atoms with van der Waals surface area (Å²) in [5, 5.41) is 13.0. The van der Waals surface area contributed by atoms with E-state index in [1.165, 1.54) is 4.80 Å². The Bertz CT molecular complexity index is 1040. The third kappa shape index (κ3) is 4.02. The summed E-state index contributed by atoms with van der Waals surface area (Å²) in [6.45, 7) is 1.16. The molecule has 150 valence electrons. The molecule has 1 aliphatic heterocycles. The Hall–Kier alpha value is -3.13. The lowest BCUT2D eigenvalue weighted by Crippen LogP contribution is -2.38. The first-order chi connectivity index (χ1) is 14.1. The molecule has 1 aromatic heterocycles. The van der Waals surface area contributed by atoms with Gasteiger partial charge in [0, 0.05) is 23.7 Å². The van der Waals surface area contributed by atoms with E-state index in [9.17, 15) is 4.79 Å². The third-order valence-corrected chi connectivity index (χ3v) is 5.15. The van der Waals surface area contributed by atoms with Gasteiger partial charge in [-0.25, -0.2) is 0 Å². The molecule has 1 aliphatic rings. The van der Waals surface area contributed by atoms with Crippen molar-refractivity contribution in [2.75, 3.05) is 20.8 Å². The van der Waals surface area contributed by atoms with Crippen molar-refractivity contribution in [2.24, 2.45) is 0 Å². The minimum atomic E-state index is -0.0644. The number of halogens is 1. The standard InChI is InChI=1S/C20H20ClN5O3/c1-28-17-9-14-7-8-25(11-15(14)10-18(17)29-2)19(27)12-26-23-20(22-24-26)13-3-5-16(21)6-4-13/h3-6,9-10H,7-8,11-12H2,1-2H3. The van der Waals surface area contributed by atoms with E-state index in [2.05, 4.69) is 15.4 Å². The molecule has 3 aromatic rings. The molecule has 0 radical (unpaired) electrons. The van der Waals surface area contributed by atoms with Crippen LogP contribution in [0.1, 0.15) is 11.1 Å². The van der Waals surface area contributed by atoms with Crippen molar-refractivity contribution in [3.63, 3.8) is 0 Å². The number of hydrogen-bond donors (Lipinski definition) is 0. The summed E-state index contributed by atoms with van der Waals surface area (Å²) in [6.07, 6.45) is 0.752. The number of amides is 1. The van der Waals surface area contributed by atoms with Crippen LogP contribution in [0.15, 0.2) is 36.4 Å². The van der Waals surface area contributed by atoms with Gasteiger partial charge in [-0.3, -0.25) is 4.79 Å².